The van der Waals surface area contributed by atoms with E-state index in [0.29, 0.717) is 0 Å². The third-order valence-corrected chi connectivity index (χ3v) is 19.3. The van der Waals surface area contributed by atoms with E-state index in [0.717, 1.165) is 107 Å². The van der Waals surface area contributed by atoms with Crippen molar-refractivity contribution in [2.24, 2.45) is 107 Å². The van der Waals surface area contributed by atoms with Gasteiger partial charge in [-0.15, -0.1) is 0 Å². The lowest BCUT2D eigenvalue weighted by Gasteiger charge is -2.57. The van der Waals surface area contributed by atoms with Crippen LogP contribution in [0.5, 0.6) is 0 Å². The van der Waals surface area contributed by atoms with E-state index in [9.17, 15) is 0 Å². The van der Waals surface area contributed by atoms with Crippen molar-refractivity contribution >= 4 is 0 Å². The molecule has 9 saturated carbocycles. The maximum absolute atomic E-state index is 2.65. The number of hydrogen-bond donors (Lipinski definition) is 0. The van der Waals surface area contributed by atoms with Crippen LogP contribution < -0.4 is 0 Å². The molecule has 0 aromatic carbocycles. The summed E-state index contributed by atoms with van der Waals surface area (Å²) < 4.78 is 0. The van der Waals surface area contributed by atoms with Crippen molar-refractivity contribution in [3.05, 3.63) is 0 Å². The highest BCUT2D eigenvalue weighted by Crippen LogP contribution is 2.67. The molecule has 9 aliphatic rings. The summed E-state index contributed by atoms with van der Waals surface area (Å²) >= 11 is 0. The topological polar surface area (TPSA) is 0 Å². The lowest BCUT2D eigenvalue weighted by Crippen LogP contribution is -2.52. The molecule has 16 unspecified atom stereocenters. The Hall–Kier alpha value is 0. The number of rotatable bonds is 4. The molecule has 9 aliphatic carbocycles. The van der Waals surface area contributed by atoms with Crippen LogP contribution in [0.15, 0.2) is 0 Å². The highest BCUT2D eigenvalue weighted by Gasteiger charge is 2.60. The molecular formula is C46H76. The summed E-state index contributed by atoms with van der Waals surface area (Å²) in [5.74, 6) is 20.0. The summed E-state index contributed by atoms with van der Waals surface area (Å²) in [5.41, 5.74) is 0. The minimum atomic E-state index is 0.992. The zero-order valence-electron chi connectivity index (χ0n) is 30.8. The molecule has 0 N–H and O–H groups in total. The van der Waals surface area contributed by atoms with Gasteiger partial charge in [0.25, 0.3) is 0 Å². The standard InChI is InChI=1S/C46H76/c1-3-30-24-25-32(28-29(30)2)33-14-4-7-17-39(33)45-41-20-10-22-43(41)46(44-23-11-21-42(44)45)40-19-9-13-31-12-8-18-35-34(31)26-27-38(40)37-16-6-5-15-36(35)37/h29-46H,3-28H2,1-2H3. The van der Waals surface area contributed by atoms with E-state index < -0.39 is 0 Å². The highest BCUT2D eigenvalue weighted by molar-refractivity contribution is 5.08. The van der Waals surface area contributed by atoms with Crippen molar-refractivity contribution in [3.63, 3.8) is 0 Å². The quantitative estimate of drug-likeness (QED) is 0.290. The summed E-state index contributed by atoms with van der Waals surface area (Å²) in [5, 5.41) is 0. The van der Waals surface area contributed by atoms with E-state index in [4.69, 9.17) is 0 Å². The molecule has 0 aliphatic heterocycles. The fraction of sp³-hybridized carbons (Fsp3) is 1.00. The van der Waals surface area contributed by atoms with Gasteiger partial charge in [0.05, 0.1) is 0 Å². The monoisotopic (exact) mass is 629 g/mol. The van der Waals surface area contributed by atoms with Crippen LogP contribution >= 0.6 is 0 Å². The van der Waals surface area contributed by atoms with Gasteiger partial charge in [0.2, 0.25) is 0 Å². The van der Waals surface area contributed by atoms with Crippen molar-refractivity contribution in [3.8, 4) is 0 Å². The van der Waals surface area contributed by atoms with Crippen LogP contribution in [0.2, 0.25) is 0 Å². The average molecular weight is 629 g/mol. The lowest BCUT2D eigenvalue weighted by molar-refractivity contribution is -0.0933. The minimum absolute atomic E-state index is 0.992. The lowest BCUT2D eigenvalue weighted by atomic mass is 9.47. The molecule has 0 heterocycles. The van der Waals surface area contributed by atoms with E-state index in [1.54, 1.807) is 161 Å². The largest absolute Gasteiger partial charge is 0.0651 e. The average Bonchev–Trinajstić information content (AvgIpc) is 3.75. The van der Waals surface area contributed by atoms with Crippen molar-refractivity contribution in [1.82, 2.24) is 0 Å². The predicted molar refractivity (Wildman–Crippen MR) is 194 cm³/mol. The second kappa shape index (κ2) is 13.6. The van der Waals surface area contributed by atoms with E-state index in [1.165, 1.54) is 6.42 Å². The van der Waals surface area contributed by atoms with Crippen molar-refractivity contribution in [2.75, 3.05) is 0 Å². The second-order valence-corrected chi connectivity index (χ2v) is 20.5. The van der Waals surface area contributed by atoms with Gasteiger partial charge in [0.15, 0.2) is 0 Å². The Morgan fingerprint density at radius 3 is 1.26 bits per heavy atom. The van der Waals surface area contributed by atoms with E-state index >= 15 is 0 Å². The fourth-order valence-electron chi connectivity index (χ4n) is 18.0. The third kappa shape index (κ3) is 5.47. The van der Waals surface area contributed by atoms with Crippen LogP contribution in [0.4, 0.5) is 0 Å². The summed E-state index contributed by atoms with van der Waals surface area (Å²) in [6.07, 6.45) is 41.8. The van der Waals surface area contributed by atoms with E-state index in [1.807, 2.05) is 0 Å². The molecule has 9 fully saturated rings. The molecule has 0 saturated heterocycles. The molecule has 0 spiro atoms. The maximum Gasteiger partial charge on any atom is -0.0321 e. The number of hydrogen-bond acceptors (Lipinski definition) is 0. The first-order valence-electron chi connectivity index (χ1n) is 22.7. The molecule has 260 valence electrons. The van der Waals surface area contributed by atoms with Gasteiger partial charge in [0.1, 0.15) is 0 Å². The molecular weight excluding hydrogens is 553 g/mol. The minimum Gasteiger partial charge on any atom is -0.0651 e. The molecule has 16 atom stereocenters. The maximum atomic E-state index is 2.65. The van der Waals surface area contributed by atoms with Gasteiger partial charge in [-0.25, -0.2) is 0 Å². The summed E-state index contributed by atoms with van der Waals surface area (Å²) in [7, 11) is 0. The van der Waals surface area contributed by atoms with Crippen LogP contribution in [0.25, 0.3) is 0 Å². The highest BCUT2D eigenvalue weighted by atomic mass is 14.6. The second-order valence-electron chi connectivity index (χ2n) is 20.5. The van der Waals surface area contributed by atoms with Gasteiger partial charge in [0, 0.05) is 0 Å². The molecule has 0 heteroatoms. The molecule has 0 aromatic rings. The Balaban J connectivity index is 1.03. The first-order chi connectivity index (χ1) is 22.7. The van der Waals surface area contributed by atoms with Crippen LogP contribution in [-0.2, 0) is 0 Å². The summed E-state index contributed by atoms with van der Waals surface area (Å²) in [6.45, 7) is 5.13. The summed E-state index contributed by atoms with van der Waals surface area (Å²) in [6, 6.07) is 0. The normalized spacial score (nSPS) is 55.7. The Labute approximate surface area is 286 Å². The van der Waals surface area contributed by atoms with Gasteiger partial charge in [-0.3, -0.25) is 0 Å². The van der Waals surface area contributed by atoms with Crippen LogP contribution in [0.3, 0.4) is 0 Å². The Bertz CT molecular complexity index is 990. The SMILES string of the molecule is CCC1CCC(C2CCCCC2C2C3CCCC3C(C3CCCC4CCCC5C4CCC3C3CCCCC53)C3CCCC32)CC1C. The molecule has 0 amide bonds. The Morgan fingerprint density at radius 2 is 0.696 bits per heavy atom. The van der Waals surface area contributed by atoms with Crippen molar-refractivity contribution < 1.29 is 0 Å². The predicted octanol–water partition coefficient (Wildman–Crippen LogP) is 13.4. The molecule has 46 heavy (non-hydrogen) atoms. The zero-order valence-corrected chi connectivity index (χ0v) is 30.8. The fourth-order valence-corrected chi connectivity index (χ4v) is 18.0. The van der Waals surface area contributed by atoms with Crippen LogP contribution in [0.1, 0.15) is 181 Å². The van der Waals surface area contributed by atoms with Gasteiger partial charge in [-0.2, -0.15) is 0 Å². The molecule has 2 bridgehead atoms. The van der Waals surface area contributed by atoms with Crippen LogP contribution in [0, 0.1) is 107 Å². The van der Waals surface area contributed by atoms with Crippen LogP contribution in [-0.4, -0.2) is 0 Å². The van der Waals surface area contributed by atoms with Crippen molar-refractivity contribution in [1.29, 1.82) is 0 Å². The van der Waals surface area contributed by atoms with Gasteiger partial charge < -0.3 is 0 Å². The third-order valence-electron chi connectivity index (χ3n) is 19.3. The van der Waals surface area contributed by atoms with Crippen molar-refractivity contribution in [2.45, 2.75) is 181 Å². The number of fused-ring (bicyclic) bond motifs is 7. The zero-order chi connectivity index (χ0) is 30.8. The summed E-state index contributed by atoms with van der Waals surface area (Å²) in [4.78, 5) is 0. The van der Waals surface area contributed by atoms with E-state index in [-0.39, 0.29) is 0 Å². The Kier molecular flexibility index (Phi) is 9.45. The van der Waals surface area contributed by atoms with Gasteiger partial charge in [-0.05, 0) is 203 Å². The van der Waals surface area contributed by atoms with E-state index in [2.05, 4.69) is 13.8 Å². The first-order valence-corrected chi connectivity index (χ1v) is 22.7. The smallest absolute Gasteiger partial charge is 0.0321 e. The molecule has 9 rings (SSSR count). The Morgan fingerprint density at radius 1 is 0.326 bits per heavy atom. The first kappa shape index (κ1) is 31.9. The van der Waals surface area contributed by atoms with Gasteiger partial charge >= 0.3 is 0 Å². The van der Waals surface area contributed by atoms with Gasteiger partial charge in [-0.1, -0.05) is 84.5 Å². The molecule has 0 aromatic heterocycles. The molecule has 0 nitrogen and oxygen atoms in total. The molecule has 0 radical (unpaired) electrons.